The fourth-order valence-electron chi connectivity index (χ4n) is 1.24. The Morgan fingerprint density at radius 1 is 1.56 bits per heavy atom. The fourth-order valence-corrected chi connectivity index (χ4v) is 1.24. The van der Waals surface area contributed by atoms with E-state index in [1.807, 2.05) is 0 Å². The molecule has 0 aliphatic rings. The molecule has 16 heavy (non-hydrogen) atoms. The van der Waals surface area contributed by atoms with Crippen molar-refractivity contribution in [2.75, 3.05) is 25.5 Å². The molecule has 4 N–H and O–H groups in total. The van der Waals surface area contributed by atoms with Gasteiger partial charge in [-0.25, -0.2) is 4.79 Å². The summed E-state index contributed by atoms with van der Waals surface area (Å²) in [6.07, 6.45) is -0.634. The van der Waals surface area contributed by atoms with Crippen molar-refractivity contribution >= 4 is 11.7 Å². The van der Waals surface area contributed by atoms with Gasteiger partial charge >= 0.3 is 5.97 Å². The van der Waals surface area contributed by atoms with Gasteiger partial charge in [0.2, 0.25) is 0 Å². The van der Waals surface area contributed by atoms with E-state index in [-0.39, 0.29) is 6.54 Å². The molecule has 88 valence electrons. The number of nitrogens with one attached hydrogen (secondary N) is 1. The van der Waals surface area contributed by atoms with Crippen LogP contribution in [-0.4, -0.2) is 37.4 Å². The van der Waals surface area contributed by atoms with Crippen LogP contribution in [0.4, 0.5) is 5.69 Å². The zero-order chi connectivity index (χ0) is 12.0. The van der Waals surface area contributed by atoms with Gasteiger partial charge in [0.15, 0.2) is 0 Å². The number of benzene rings is 1. The number of carbonyl (C=O) groups is 1. The number of methoxy groups -OCH3 is 1. The average Bonchev–Trinajstić information content (AvgIpc) is 2.35. The number of anilines is 1. The highest BCUT2D eigenvalue weighted by Gasteiger charge is 2.11. The fraction of sp³-hybridized carbons (Fsp3) is 0.364. The molecule has 0 aliphatic heterocycles. The van der Waals surface area contributed by atoms with E-state index in [0.717, 1.165) is 0 Å². The first-order valence-corrected chi connectivity index (χ1v) is 4.98. The van der Waals surface area contributed by atoms with Crippen molar-refractivity contribution in [1.82, 2.24) is 0 Å². The van der Waals surface area contributed by atoms with E-state index in [4.69, 9.17) is 5.73 Å². The number of nitrogens with two attached hydrogens (primary N) is 1. The lowest BCUT2D eigenvalue weighted by Crippen LogP contribution is -2.28. The van der Waals surface area contributed by atoms with Gasteiger partial charge in [0.05, 0.1) is 18.8 Å². The lowest BCUT2D eigenvalue weighted by atomic mass is 10.1. The Hall–Kier alpha value is -1.59. The van der Waals surface area contributed by atoms with Crippen LogP contribution in [0.15, 0.2) is 24.3 Å². The lowest BCUT2D eigenvalue weighted by molar-refractivity contribution is 0.0601. The van der Waals surface area contributed by atoms with Crippen LogP contribution in [0.1, 0.15) is 10.4 Å². The summed E-state index contributed by atoms with van der Waals surface area (Å²) in [6, 6.07) is 6.94. The highest BCUT2D eigenvalue weighted by atomic mass is 16.5. The van der Waals surface area contributed by atoms with Gasteiger partial charge in [-0.1, -0.05) is 12.1 Å². The molecule has 0 spiro atoms. The van der Waals surface area contributed by atoms with Gasteiger partial charge in [-0.3, -0.25) is 0 Å². The zero-order valence-electron chi connectivity index (χ0n) is 9.14. The van der Waals surface area contributed by atoms with E-state index in [2.05, 4.69) is 10.1 Å². The molecule has 1 aromatic carbocycles. The summed E-state index contributed by atoms with van der Waals surface area (Å²) in [6.45, 7) is 0.470. The summed E-state index contributed by atoms with van der Waals surface area (Å²) in [7, 11) is 1.33. The molecule has 1 atom stereocenters. The van der Waals surface area contributed by atoms with Gasteiger partial charge in [0.1, 0.15) is 0 Å². The normalized spacial score (nSPS) is 11.9. The van der Waals surface area contributed by atoms with Crippen molar-refractivity contribution in [1.29, 1.82) is 0 Å². The van der Waals surface area contributed by atoms with Crippen LogP contribution in [-0.2, 0) is 4.74 Å². The Morgan fingerprint density at radius 2 is 2.25 bits per heavy atom. The Labute approximate surface area is 94.2 Å². The standard InChI is InChI=1S/C11H16N2O3/c1-16-11(15)9-4-2-3-5-10(9)13-7-8(14)6-12/h2-5,8,13-14H,6-7,12H2,1H3. The van der Waals surface area contributed by atoms with Gasteiger partial charge in [0.25, 0.3) is 0 Å². The molecule has 5 heteroatoms. The van der Waals surface area contributed by atoms with Gasteiger partial charge in [-0.05, 0) is 12.1 Å². The van der Waals surface area contributed by atoms with Crippen molar-refractivity contribution in [3.05, 3.63) is 29.8 Å². The summed E-state index contributed by atoms with van der Waals surface area (Å²) < 4.78 is 4.64. The maximum absolute atomic E-state index is 11.4. The van der Waals surface area contributed by atoms with Crippen molar-refractivity contribution < 1.29 is 14.6 Å². The van der Waals surface area contributed by atoms with Crippen LogP contribution in [0.3, 0.4) is 0 Å². The summed E-state index contributed by atoms with van der Waals surface area (Å²) >= 11 is 0. The SMILES string of the molecule is COC(=O)c1ccccc1NCC(O)CN. The van der Waals surface area contributed by atoms with E-state index in [0.29, 0.717) is 17.8 Å². The molecule has 1 unspecified atom stereocenters. The smallest absolute Gasteiger partial charge is 0.339 e. The minimum atomic E-state index is -0.634. The number of rotatable bonds is 5. The zero-order valence-corrected chi connectivity index (χ0v) is 9.14. The van der Waals surface area contributed by atoms with Crippen LogP contribution in [0.25, 0.3) is 0 Å². The minimum absolute atomic E-state index is 0.174. The monoisotopic (exact) mass is 224 g/mol. The van der Waals surface area contributed by atoms with E-state index < -0.39 is 12.1 Å². The second-order valence-electron chi connectivity index (χ2n) is 3.31. The minimum Gasteiger partial charge on any atom is -0.465 e. The molecule has 0 radical (unpaired) electrons. The van der Waals surface area contributed by atoms with E-state index in [1.54, 1.807) is 24.3 Å². The predicted molar refractivity (Wildman–Crippen MR) is 61.3 cm³/mol. The third-order valence-corrected chi connectivity index (χ3v) is 2.13. The molecule has 0 fully saturated rings. The van der Waals surface area contributed by atoms with Crippen molar-refractivity contribution in [3.63, 3.8) is 0 Å². The summed E-state index contributed by atoms with van der Waals surface area (Å²) in [4.78, 5) is 11.4. The summed E-state index contributed by atoms with van der Waals surface area (Å²) in [5.41, 5.74) is 6.34. The van der Waals surface area contributed by atoms with Gasteiger partial charge in [0, 0.05) is 18.8 Å². The Bertz CT molecular complexity index is 355. The second-order valence-corrected chi connectivity index (χ2v) is 3.31. The lowest BCUT2D eigenvalue weighted by Gasteiger charge is -2.13. The first-order chi connectivity index (χ1) is 7.69. The molecule has 0 saturated carbocycles. The molecule has 5 nitrogen and oxygen atoms in total. The summed E-state index contributed by atoms with van der Waals surface area (Å²) in [5, 5.41) is 12.3. The molecule has 0 heterocycles. The van der Waals surface area contributed by atoms with Crippen molar-refractivity contribution in [2.45, 2.75) is 6.10 Å². The number of carbonyl (C=O) groups excluding carboxylic acids is 1. The van der Waals surface area contributed by atoms with Gasteiger partial charge < -0.3 is 20.9 Å². The first-order valence-electron chi connectivity index (χ1n) is 4.98. The van der Waals surface area contributed by atoms with E-state index >= 15 is 0 Å². The number of para-hydroxylation sites is 1. The quantitative estimate of drug-likeness (QED) is 0.622. The number of esters is 1. The predicted octanol–water partition coefficient (Wildman–Crippen LogP) is 0.205. The van der Waals surface area contributed by atoms with Crippen LogP contribution < -0.4 is 11.1 Å². The number of hydrogen-bond acceptors (Lipinski definition) is 5. The Morgan fingerprint density at radius 3 is 2.88 bits per heavy atom. The first kappa shape index (κ1) is 12.5. The number of aliphatic hydroxyl groups excluding tert-OH is 1. The highest BCUT2D eigenvalue weighted by molar-refractivity contribution is 5.95. The number of aliphatic hydroxyl groups is 1. The Balaban J connectivity index is 2.75. The van der Waals surface area contributed by atoms with Gasteiger partial charge in [-0.2, -0.15) is 0 Å². The van der Waals surface area contributed by atoms with Crippen LogP contribution in [0.5, 0.6) is 0 Å². The maximum atomic E-state index is 11.4. The molecule has 0 bridgehead atoms. The molecule has 0 amide bonds. The average molecular weight is 224 g/mol. The van der Waals surface area contributed by atoms with Crippen LogP contribution >= 0.6 is 0 Å². The molecule has 0 aromatic heterocycles. The van der Waals surface area contributed by atoms with Crippen molar-refractivity contribution in [2.24, 2.45) is 5.73 Å². The third kappa shape index (κ3) is 3.22. The van der Waals surface area contributed by atoms with E-state index in [1.165, 1.54) is 7.11 Å². The third-order valence-electron chi connectivity index (χ3n) is 2.13. The van der Waals surface area contributed by atoms with Crippen LogP contribution in [0.2, 0.25) is 0 Å². The van der Waals surface area contributed by atoms with E-state index in [9.17, 15) is 9.90 Å². The molecule has 0 aliphatic carbocycles. The largest absolute Gasteiger partial charge is 0.465 e. The molecular weight excluding hydrogens is 208 g/mol. The molecule has 0 saturated heterocycles. The maximum Gasteiger partial charge on any atom is 0.339 e. The molecule has 1 aromatic rings. The Kier molecular flexibility index (Phi) is 4.75. The summed E-state index contributed by atoms with van der Waals surface area (Å²) in [5.74, 6) is -0.412. The highest BCUT2D eigenvalue weighted by Crippen LogP contribution is 2.15. The number of ether oxygens (including phenoxy) is 1. The molecular formula is C11H16N2O3. The molecule has 1 rings (SSSR count). The van der Waals surface area contributed by atoms with Gasteiger partial charge in [-0.15, -0.1) is 0 Å². The van der Waals surface area contributed by atoms with Crippen LogP contribution in [0, 0.1) is 0 Å². The second kappa shape index (κ2) is 6.09. The topological polar surface area (TPSA) is 84.6 Å². The van der Waals surface area contributed by atoms with Crippen molar-refractivity contribution in [3.8, 4) is 0 Å². The number of hydrogen-bond donors (Lipinski definition) is 3.